The normalized spacial score (nSPS) is 22.9. The maximum absolute atomic E-state index is 9.90. The average Bonchev–Trinajstić information content (AvgIpc) is 3.20. The first-order chi connectivity index (χ1) is 12.3. The number of likely N-dealkylation sites (N-methyl/N-ethyl adjacent to an activating group) is 2. The Morgan fingerprint density at radius 3 is 1.31 bits per heavy atom. The van der Waals surface area contributed by atoms with Crippen molar-refractivity contribution in [2.45, 2.75) is 63.5 Å². The number of carboxylic acids is 2. The van der Waals surface area contributed by atoms with Crippen molar-refractivity contribution >= 4 is 11.9 Å². The fourth-order valence-electron chi connectivity index (χ4n) is 2.97. The van der Waals surface area contributed by atoms with Gasteiger partial charge in [-0.25, -0.2) is 0 Å². The van der Waals surface area contributed by atoms with Crippen molar-refractivity contribution in [3.05, 3.63) is 0 Å². The number of likely N-dealkylation sites (tertiary alicyclic amines) is 2. The van der Waals surface area contributed by atoms with E-state index in [1.807, 2.05) is 0 Å². The van der Waals surface area contributed by atoms with Gasteiger partial charge in [0.2, 0.25) is 0 Å². The molecule has 2 atom stereocenters. The quantitative estimate of drug-likeness (QED) is 0.483. The topological polar surface area (TPSA) is 122 Å². The summed E-state index contributed by atoms with van der Waals surface area (Å²) in [6.45, 7) is 2.98. The van der Waals surface area contributed by atoms with Crippen LogP contribution in [-0.2, 0) is 9.59 Å². The van der Waals surface area contributed by atoms with Gasteiger partial charge in [-0.1, -0.05) is 0 Å². The van der Waals surface area contributed by atoms with Gasteiger partial charge < -0.3 is 30.2 Å². The third-order valence-electron chi connectivity index (χ3n) is 4.80. The molecule has 0 radical (unpaired) electrons. The highest BCUT2D eigenvalue weighted by Gasteiger charge is 2.19. The summed E-state index contributed by atoms with van der Waals surface area (Å²) in [7, 11) is 4.13. The van der Waals surface area contributed by atoms with E-state index in [1.54, 1.807) is 0 Å². The average molecular weight is 376 g/mol. The molecule has 0 spiro atoms. The number of rotatable bonds is 7. The Morgan fingerprint density at radius 2 is 1.15 bits per heavy atom. The molecule has 0 bridgehead atoms. The molecule has 2 heterocycles. The Morgan fingerprint density at radius 1 is 0.808 bits per heavy atom. The maximum Gasteiger partial charge on any atom is 0.303 e. The van der Waals surface area contributed by atoms with Gasteiger partial charge in [-0.3, -0.25) is 9.59 Å². The number of aliphatic carboxylic acids is 2. The van der Waals surface area contributed by atoms with E-state index < -0.39 is 11.9 Å². The Hall–Kier alpha value is -1.22. The molecule has 0 amide bonds. The van der Waals surface area contributed by atoms with Crippen molar-refractivity contribution in [3.63, 3.8) is 0 Å². The van der Waals surface area contributed by atoms with E-state index in [1.165, 1.54) is 25.7 Å². The predicted molar refractivity (Wildman–Crippen MR) is 99.2 cm³/mol. The van der Waals surface area contributed by atoms with Crippen LogP contribution in [0.25, 0.3) is 0 Å². The fourth-order valence-corrected chi connectivity index (χ4v) is 2.97. The van der Waals surface area contributed by atoms with Crippen LogP contribution in [0.5, 0.6) is 0 Å². The van der Waals surface area contributed by atoms with Crippen LogP contribution >= 0.6 is 0 Å². The molecular formula is C18H36N2O6. The molecule has 2 rings (SSSR count). The first-order valence-electron chi connectivity index (χ1n) is 9.37. The van der Waals surface area contributed by atoms with Gasteiger partial charge in [0.05, 0.1) is 13.2 Å². The first kappa shape index (κ1) is 24.8. The second kappa shape index (κ2) is 14.9. The lowest BCUT2D eigenvalue weighted by molar-refractivity contribution is -0.139. The monoisotopic (exact) mass is 376 g/mol. The highest BCUT2D eigenvalue weighted by Crippen LogP contribution is 2.13. The minimum absolute atomic E-state index is 0.0628. The minimum atomic E-state index is -0.870. The van der Waals surface area contributed by atoms with E-state index in [9.17, 15) is 9.59 Å². The van der Waals surface area contributed by atoms with Crippen LogP contribution in [0.3, 0.4) is 0 Å². The molecule has 0 aromatic rings. The van der Waals surface area contributed by atoms with Crippen molar-refractivity contribution in [2.24, 2.45) is 0 Å². The Bertz CT molecular complexity index is 358. The molecule has 2 fully saturated rings. The van der Waals surface area contributed by atoms with E-state index in [0.29, 0.717) is 38.1 Å². The lowest BCUT2D eigenvalue weighted by atomic mass is 10.2. The molecular weight excluding hydrogens is 340 g/mol. The lowest BCUT2D eigenvalue weighted by Crippen LogP contribution is -2.27. The third-order valence-corrected chi connectivity index (χ3v) is 4.80. The smallest absolute Gasteiger partial charge is 0.303 e. The van der Waals surface area contributed by atoms with Gasteiger partial charge >= 0.3 is 11.9 Å². The van der Waals surface area contributed by atoms with E-state index >= 15 is 0 Å². The number of nitrogens with zero attached hydrogens (tertiary/aromatic N) is 2. The zero-order valence-corrected chi connectivity index (χ0v) is 16.1. The Balaban J connectivity index is 0.000000363. The standard InChI is InChI=1S/2C6H13NO.C6H10O4/c2*1-7-4-2-3-6(7)5-8;7-5(8)3-1-2-4-6(9)10/h2*6,8H,2-5H2,1H3;1-4H2,(H,7,8)(H,9,10)/t2*6-;/m00./s1. The highest BCUT2D eigenvalue weighted by molar-refractivity contribution is 5.67. The number of unbranched alkanes of at least 4 members (excludes halogenated alkanes) is 1. The fraction of sp³-hybridized carbons (Fsp3) is 0.889. The second-order valence-electron chi connectivity index (χ2n) is 6.91. The molecule has 2 aliphatic rings. The molecule has 8 nitrogen and oxygen atoms in total. The van der Waals surface area contributed by atoms with Gasteiger partial charge in [-0.2, -0.15) is 0 Å². The van der Waals surface area contributed by atoms with Gasteiger partial charge in [0.15, 0.2) is 0 Å². The van der Waals surface area contributed by atoms with Crippen molar-refractivity contribution in [1.29, 1.82) is 0 Å². The van der Waals surface area contributed by atoms with Gasteiger partial charge in [-0.15, -0.1) is 0 Å². The van der Waals surface area contributed by atoms with Crippen molar-refractivity contribution in [1.82, 2.24) is 9.80 Å². The lowest BCUT2D eigenvalue weighted by Gasteiger charge is -2.15. The summed E-state index contributed by atoms with van der Waals surface area (Å²) in [6.07, 6.45) is 5.87. The summed E-state index contributed by atoms with van der Waals surface area (Å²) in [5.41, 5.74) is 0. The Labute approximate surface area is 156 Å². The zero-order chi connectivity index (χ0) is 19.9. The number of carbonyl (C=O) groups is 2. The van der Waals surface area contributed by atoms with Crippen LogP contribution in [-0.4, -0.2) is 94.6 Å². The number of hydrogen-bond donors (Lipinski definition) is 4. The number of aliphatic hydroxyl groups is 2. The van der Waals surface area contributed by atoms with Crippen molar-refractivity contribution in [3.8, 4) is 0 Å². The molecule has 154 valence electrons. The van der Waals surface area contributed by atoms with Crippen LogP contribution in [0.15, 0.2) is 0 Å². The molecule has 0 aromatic carbocycles. The van der Waals surface area contributed by atoms with Crippen LogP contribution in [0.1, 0.15) is 51.4 Å². The summed E-state index contributed by atoms with van der Waals surface area (Å²) in [5, 5.41) is 33.7. The molecule has 8 heteroatoms. The molecule has 0 unspecified atom stereocenters. The summed E-state index contributed by atoms with van der Waals surface area (Å²) in [6, 6.07) is 0.907. The number of carboxylic acid groups (broad SMARTS) is 2. The van der Waals surface area contributed by atoms with Crippen LogP contribution in [0.4, 0.5) is 0 Å². The number of hydrogen-bond acceptors (Lipinski definition) is 6. The van der Waals surface area contributed by atoms with E-state index in [2.05, 4.69) is 23.9 Å². The third kappa shape index (κ3) is 12.2. The predicted octanol–water partition coefficient (Wildman–Crippen LogP) is 0.862. The van der Waals surface area contributed by atoms with E-state index in [-0.39, 0.29) is 12.8 Å². The molecule has 4 N–H and O–H groups in total. The van der Waals surface area contributed by atoms with Crippen LogP contribution in [0, 0.1) is 0 Å². The molecule has 2 saturated heterocycles. The van der Waals surface area contributed by atoms with E-state index in [0.717, 1.165) is 13.1 Å². The highest BCUT2D eigenvalue weighted by atomic mass is 16.4. The van der Waals surface area contributed by atoms with Gasteiger partial charge in [0, 0.05) is 24.9 Å². The van der Waals surface area contributed by atoms with Crippen LogP contribution in [0.2, 0.25) is 0 Å². The van der Waals surface area contributed by atoms with Gasteiger partial charge in [0.25, 0.3) is 0 Å². The van der Waals surface area contributed by atoms with Gasteiger partial charge in [-0.05, 0) is 65.7 Å². The summed E-state index contributed by atoms with van der Waals surface area (Å²) >= 11 is 0. The maximum atomic E-state index is 9.90. The first-order valence-corrected chi connectivity index (χ1v) is 9.37. The zero-order valence-electron chi connectivity index (χ0n) is 16.1. The molecule has 0 saturated carbocycles. The molecule has 0 aliphatic carbocycles. The molecule has 26 heavy (non-hydrogen) atoms. The largest absolute Gasteiger partial charge is 0.481 e. The second-order valence-corrected chi connectivity index (χ2v) is 6.91. The SMILES string of the molecule is CN1CCC[C@H]1CO.CN1CCC[C@H]1CO.O=C(O)CCCCC(=O)O. The minimum Gasteiger partial charge on any atom is -0.481 e. The molecule has 0 aromatic heterocycles. The summed E-state index contributed by atoms with van der Waals surface area (Å²) in [5.74, 6) is -1.74. The number of aliphatic hydroxyl groups excluding tert-OH is 2. The summed E-state index contributed by atoms with van der Waals surface area (Å²) < 4.78 is 0. The van der Waals surface area contributed by atoms with Gasteiger partial charge in [0.1, 0.15) is 0 Å². The Kier molecular flexibility index (Phi) is 14.2. The molecule has 2 aliphatic heterocycles. The van der Waals surface area contributed by atoms with Crippen molar-refractivity contribution < 1.29 is 30.0 Å². The van der Waals surface area contributed by atoms with Crippen molar-refractivity contribution in [2.75, 3.05) is 40.4 Å². The van der Waals surface area contributed by atoms with E-state index in [4.69, 9.17) is 20.4 Å². The van der Waals surface area contributed by atoms with Crippen LogP contribution < -0.4 is 0 Å². The summed E-state index contributed by atoms with van der Waals surface area (Å²) in [4.78, 5) is 24.2.